The molecule has 5 heteroatoms. The fourth-order valence-electron chi connectivity index (χ4n) is 1.81. The van der Waals surface area contributed by atoms with Crippen LogP contribution in [0.4, 0.5) is 0 Å². The molecule has 3 nitrogen and oxygen atoms in total. The lowest BCUT2D eigenvalue weighted by molar-refractivity contribution is 0.0991. The van der Waals surface area contributed by atoms with E-state index in [4.69, 9.17) is 0 Å². The smallest absolute Gasteiger partial charge is 0.193 e. The third-order valence-corrected chi connectivity index (χ3v) is 4.12. The minimum absolute atomic E-state index is 0.0771. The lowest BCUT2D eigenvalue weighted by Crippen LogP contribution is -2.04. The van der Waals surface area contributed by atoms with Gasteiger partial charge in [0.1, 0.15) is 0 Å². The minimum Gasteiger partial charge on any atom is -0.297 e. The van der Waals surface area contributed by atoms with Crippen LogP contribution in [0.2, 0.25) is 0 Å². The van der Waals surface area contributed by atoms with E-state index in [2.05, 4.69) is 20.9 Å². The van der Waals surface area contributed by atoms with Crippen molar-refractivity contribution in [3.05, 3.63) is 57.8 Å². The second-order valence-electron chi connectivity index (χ2n) is 3.90. The molecule has 18 heavy (non-hydrogen) atoms. The highest BCUT2D eigenvalue weighted by molar-refractivity contribution is 9.10. The second-order valence-corrected chi connectivity index (χ2v) is 5.63. The summed E-state index contributed by atoms with van der Waals surface area (Å²) in [6.07, 6.45) is 4.18. The van der Waals surface area contributed by atoms with Crippen molar-refractivity contribution in [1.82, 2.24) is 9.38 Å². The van der Waals surface area contributed by atoms with Crippen molar-refractivity contribution in [1.29, 1.82) is 0 Å². The molecule has 0 bridgehead atoms. The minimum atomic E-state index is 0.0771. The van der Waals surface area contributed by atoms with Crippen LogP contribution in [0.5, 0.6) is 0 Å². The van der Waals surface area contributed by atoms with Crippen LogP contribution in [0.1, 0.15) is 16.1 Å². The number of benzene rings is 1. The summed E-state index contributed by atoms with van der Waals surface area (Å²) in [4.78, 5) is 17.5. The average Bonchev–Trinajstić information content (AvgIpc) is 2.90. The van der Waals surface area contributed by atoms with Gasteiger partial charge in [0, 0.05) is 27.8 Å². The number of rotatable bonds is 3. The van der Waals surface area contributed by atoms with Crippen molar-refractivity contribution in [2.75, 3.05) is 0 Å². The maximum absolute atomic E-state index is 12.2. The molecule has 0 saturated carbocycles. The lowest BCUT2D eigenvalue weighted by Gasteiger charge is -2.01. The third-order valence-electron chi connectivity index (χ3n) is 2.66. The first-order valence-electron chi connectivity index (χ1n) is 5.43. The average molecular weight is 321 g/mol. The Bertz CT molecular complexity index is 688. The third kappa shape index (κ3) is 2.11. The molecule has 0 saturated heterocycles. The summed E-state index contributed by atoms with van der Waals surface area (Å²) in [6.45, 7) is 0. The van der Waals surface area contributed by atoms with E-state index in [9.17, 15) is 4.79 Å². The van der Waals surface area contributed by atoms with E-state index in [1.165, 1.54) is 0 Å². The molecule has 3 rings (SSSR count). The van der Waals surface area contributed by atoms with Crippen molar-refractivity contribution >= 4 is 38.0 Å². The zero-order valence-corrected chi connectivity index (χ0v) is 11.7. The number of fused-ring (bicyclic) bond motifs is 1. The number of hydrogen-bond acceptors (Lipinski definition) is 3. The Kier molecular flexibility index (Phi) is 3.01. The lowest BCUT2D eigenvalue weighted by atomic mass is 10.1. The van der Waals surface area contributed by atoms with Crippen molar-refractivity contribution in [2.45, 2.75) is 6.42 Å². The van der Waals surface area contributed by atoms with Crippen LogP contribution < -0.4 is 0 Å². The number of Topliss-reactive ketones (excluding diaryl/α,β-unsaturated/α-hetero) is 1. The van der Waals surface area contributed by atoms with Crippen LogP contribution in [-0.4, -0.2) is 15.2 Å². The molecular weight excluding hydrogens is 312 g/mol. The standard InChI is InChI=1S/C13H9BrN2OS/c14-11-4-2-1-3-10(11)12(17)7-9-8-16-5-6-18-13(16)15-9/h1-6,8H,7H2. The van der Waals surface area contributed by atoms with Gasteiger partial charge in [-0.05, 0) is 6.07 Å². The van der Waals surface area contributed by atoms with Crippen LogP contribution in [0, 0.1) is 0 Å². The molecule has 0 atom stereocenters. The Hall–Kier alpha value is -1.46. The SMILES string of the molecule is O=C(Cc1cn2ccsc2n1)c1ccccc1Br. The molecule has 0 aliphatic heterocycles. The Morgan fingerprint density at radius 1 is 1.39 bits per heavy atom. The van der Waals surface area contributed by atoms with E-state index in [1.807, 2.05) is 46.4 Å². The number of carbonyl (C=O) groups excluding carboxylic acids is 1. The molecule has 2 heterocycles. The van der Waals surface area contributed by atoms with Crippen LogP contribution in [-0.2, 0) is 6.42 Å². The summed E-state index contributed by atoms with van der Waals surface area (Å²) < 4.78 is 2.77. The first-order valence-corrected chi connectivity index (χ1v) is 7.10. The van der Waals surface area contributed by atoms with E-state index < -0.39 is 0 Å². The number of hydrogen-bond donors (Lipinski definition) is 0. The highest BCUT2D eigenvalue weighted by Crippen LogP contribution is 2.19. The Morgan fingerprint density at radius 2 is 2.22 bits per heavy atom. The normalized spacial score (nSPS) is 10.9. The number of thiazole rings is 1. The van der Waals surface area contributed by atoms with Crippen molar-refractivity contribution in [2.24, 2.45) is 0 Å². The first-order chi connectivity index (χ1) is 8.74. The molecule has 2 aromatic heterocycles. The van der Waals surface area contributed by atoms with Gasteiger partial charge >= 0.3 is 0 Å². The van der Waals surface area contributed by atoms with Crippen LogP contribution in [0.25, 0.3) is 4.96 Å². The van der Waals surface area contributed by atoms with E-state index in [1.54, 1.807) is 11.3 Å². The number of ketones is 1. The zero-order chi connectivity index (χ0) is 12.5. The topological polar surface area (TPSA) is 34.4 Å². The van der Waals surface area contributed by atoms with Crippen LogP contribution in [0.15, 0.2) is 46.5 Å². The Balaban J connectivity index is 1.87. The zero-order valence-electron chi connectivity index (χ0n) is 9.34. The summed E-state index contributed by atoms with van der Waals surface area (Å²) in [5, 5.41) is 1.97. The van der Waals surface area contributed by atoms with E-state index >= 15 is 0 Å². The number of halogens is 1. The molecular formula is C13H9BrN2OS. The molecule has 0 amide bonds. The predicted octanol–water partition coefficient (Wildman–Crippen LogP) is 3.58. The number of nitrogens with zero attached hydrogens (tertiary/aromatic N) is 2. The van der Waals surface area contributed by atoms with E-state index in [0.29, 0.717) is 12.0 Å². The Morgan fingerprint density at radius 3 is 3.00 bits per heavy atom. The molecule has 0 aliphatic rings. The highest BCUT2D eigenvalue weighted by Gasteiger charge is 2.12. The van der Waals surface area contributed by atoms with Crippen LogP contribution >= 0.6 is 27.3 Å². The van der Waals surface area contributed by atoms with E-state index in [0.717, 1.165) is 15.1 Å². The van der Waals surface area contributed by atoms with Crippen molar-refractivity contribution in [3.63, 3.8) is 0 Å². The van der Waals surface area contributed by atoms with Crippen molar-refractivity contribution in [3.8, 4) is 0 Å². The predicted molar refractivity (Wildman–Crippen MR) is 75.2 cm³/mol. The number of aromatic nitrogens is 2. The van der Waals surface area contributed by atoms with Gasteiger partial charge in [0.15, 0.2) is 10.7 Å². The molecule has 0 N–H and O–H groups in total. The molecule has 1 aromatic carbocycles. The summed E-state index contributed by atoms with van der Waals surface area (Å²) in [7, 11) is 0. The van der Waals surface area contributed by atoms with Gasteiger partial charge in [-0.15, -0.1) is 11.3 Å². The molecule has 0 unspecified atom stereocenters. The number of imidazole rings is 1. The van der Waals surface area contributed by atoms with Gasteiger partial charge in [0.2, 0.25) is 0 Å². The van der Waals surface area contributed by atoms with Crippen LogP contribution in [0.3, 0.4) is 0 Å². The second kappa shape index (κ2) is 4.66. The van der Waals surface area contributed by atoms with Gasteiger partial charge in [0.05, 0.1) is 12.1 Å². The fourth-order valence-corrected chi connectivity index (χ4v) is 3.03. The summed E-state index contributed by atoms with van der Waals surface area (Å²) >= 11 is 4.96. The van der Waals surface area contributed by atoms with Gasteiger partial charge in [-0.3, -0.25) is 9.20 Å². The number of carbonyl (C=O) groups is 1. The van der Waals surface area contributed by atoms with Gasteiger partial charge in [0.25, 0.3) is 0 Å². The molecule has 0 fully saturated rings. The van der Waals surface area contributed by atoms with Gasteiger partial charge in [-0.25, -0.2) is 4.98 Å². The van der Waals surface area contributed by atoms with E-state index in [-0.39, 0.29) is 5.78 Å². The van der Waals surface area contributed by atoms with Crippen molar-refractivity contribution < 1.29 is 4.79 Å². The first kappa shape index (κ1) is 11.6. The van der Waals surface area contributed by atoms with Gasteiger partial charge in [-0.2, -0.15) is 0 Å². The molecule has 0 aliphatic carbocycles. The summed E-state index contributed by atoms with van der Waals surface area (Å²) in [5.41, 5.74) is 1.51. The Labute approximate surface area is 116 Å². The fraction of sp³-hybridized carbons (Fsp3) is 0.0769. The largest absolute Gasteiger partial charge is 0.297 e. The summed E-state index contributed by atoms with van der Waals surface area (Å²) in [6, 6.07) is 7.46. The monoisotopic (exact) mass is 320 g/mol. The van der Waals surface area contributed by atoms with Gasteiger partial charge in [-0.1, -0.05) is 34.1 Å². The maximum atomic E-state index is 12.2. The van der Waals surface area contributed by atoms with Gasteiger partial charge < -0.3 is 0 Å². The maximum Gasteiger partial charge on any atom is 0.193 e. The summed E-state index contributed by atoms with van der Waals surface area (Å²) in [5.74, 6) is 0.0771. The highest BCUT2D eigenvalue weighted by atomic mass is 79.9. The molecule has 3 aromatic rings. The molecule has 0 radical (unpaired) electrons. The molecule has 90 valence electrons. The molecule has 0 spiro atoms. The quantitative estimate of drug-likeness (QED) is 0.691.